The first-order chi connectivity index (χ1) is 10.2. The SMILES string of the molecule is CNC(Cc1ccn(C(C)C)n1)C(OC)c1ccccc1. The molecule has 4 heteroatoms. The summed E-state index contributed by atoms with van der Waals surface area (Å²) in [5, 5.41) is 7.99. The maximum atomic E-state index is 5.72. The molecule has 0 aliphatic carbocycles. The summed E-state index contributed by atoms with van der Waals surface area (Å²) in [6.45, 7) is 4.27. The maximum Gasteiger partial charge on any atom is 0.0977 e. The Morgan fingerprint density at radius 2 is 1.90 bits per heavy atom. The van der Waals surface area contributed by atoms with Crippen molar-refractivity contribution >= 4 is 0 Å². The molecule has 4 nitrogen and oxygen atoms in total. The molecule has 1 heterocycles. The van der Waals surface area contributed by atoms with Gasteiger partial charge in [-0.25, -0.2) is 0 Å². The van der Waals surface area contributed by atoms with Crippen LogP contribution in [0.2, 0.25) is 0 Å². The fourth-order valence-electron chi connectivity index (χ4n) is 2.54. The minimum atomic E-state index is 0.0143. The standard InChI is InChI=1S/C17H25N3O/c1-13(2)20-11-10-15(19-20)12-16(18-3)17(21-4)14-8-6-5-7-9-14/h5-11,13,16-18H,12H2,1-4H3. The number of ether oxygens (including phenoxy) is 1. The van der Waals surface area contributed by atoms with Crippen molar-refractivity contribution in [2.24, 2.45) is 0 Å². The fraction of sp³-hybridized carbons (Fsp3) is 0.471. The molecule has 1 aromatic carbocycles. The summed E-state index contributed by atoms with van der Waals surface area (Å²) < 4.78 is 7.71. The van der Waals surface area contributed by atoms with Crippen LogP contribution in [-0.4, -0.2) is 30.0 Å². The van der Waals surface area contributed by atoms with Gasteiger partial charge in [0.15, 0.2) is 0 Å². The van der Waals surface area contributed by atoms with Crippen LogP contribution in [0.4, 0.5) is 0 Å². The summed E-state index contributed by atoms with van der Waals surface area (Å²) in [6.07, 6.45) is 2.89. The van der Waals surface area contributed by atoms with E-state index < -0.39 is 0 Å². The monoisotopic (exact) mass is 287 g/mol. The first-order valence-electron chi connectivity index (χ1n) is 7.44. The Hall–Kier alpha value is -1.65. The lowest BCUT2D eigenvalue weighted by Crippen LogP contribution is -2.35. The number of likely N-dealkylation sites (N-methyl/N-ethyl adjacent to an activating group) is 1. The Morgan fingerprint density at radius 3 is 2.43 bits per heavy atom. The molecule has 0 spiro atoms. The van der Waals surface area contributed by atoms with Gasteiger partial charge in [-0.3, -0.25) is 4.68 Å². The second-order valence-electron chi connectivity index (χ2n) is 5.55. The fourth-order valence-corrected chi connectivity index (χ4v) is 2.54. The van der Waals surface area contributed by atoms with Crippen LogP contribution in [0.25, 0.3) is 0 Å². The van der Waals surface area contributed by atoms with Gasteiger partial charge in [0.05, 0.1) is 11.8 Å². The van der Waals surface area contributed by atoms with Crippen LogP contribution in [0.5, 0.6) is 0 Å². The van der Waals surface area contributed by atoms with E-state index >= 15 is 0 Å². The normalized spacial score (nSPS) is 14.3. The van der Waals surface area contributed by atoms with Gasteiger partial charge in [0.25, 0.3) is 0 Å². The molecule has 2 unspecified atom stereocenters. The second-order valence-corrected chi connectivity index (χ2v) is 5.55. The van der Waals surface area contributed by atoms with Crippen LogP contribution >= 0.6 is 0 Å². The predicted octanol–water partition coefficient (Wildman–Crippen LogP) is 2.98. The first kappa shape index (κ1) is 15.7. The molecule has 2 aromatic rings. The van der Waals surface area contributed by atoms with E-state index in [-0.39, 0.29) is 12.1 Å². The summed E-state index contributed by atoms with van der Waals surface area (Å²) in [5.41, 5.74) is 2.27. The molecule has 0 amide bonds. The average Bonchev–Trinajstić information content (AvgIpc) is 2.97. The maximum absolute atomic E-state index is 5.72. The molecule has 0 radical (unpaired) electrons. The summed E-state index contributed by atoms with van der Waals surface area (Å²) in [6, 6.07) is 13.0. The van der Waals surface area contributed by atoms with Crippen LogP contribution in [0.1, 0.15) is 37.3 Å². The van der Waals surface area contributed by atoms with Crippen molar-refractivity contribution in [1.29, 1.82) is 0 Å². The number of aromatic nitrogens is 2. The van der Waals surface area contributed by atoms with Crippen LogP contribution in [-0.2, 0) is 11.2 Å². The molecule has 0 aliphatic rings. The highest BCUT2D eigenvalue weighted by Gasteiger charge is 2.22. The summed E-state index contributed by atoms with van der Waals surface area (Å²) in [4.78, 5) is 0. The number of methoxy groups -OCH3 is 1. The lowest BCUT2D eigenvalue weighted by atomic mass is 9.98. The van der Waals surface area contributed by atoms with Crippen molar-refractivity contribution in [1.82, 2.24) is 15.1 Å². The third-order valence-corrected chi connectivity index (χ3v) is 3.74. The third-order valence-electron chi connectivity index (χ3n) is 3.74. The molecule has 2 rings (SSSR count). The third kappa shape index (κ3) is 3.93. The topological polar surface area (TPSA) is 39.1 Å². The number of nitrogens with zero attached hydrogens (tertiary/aromatic N) is 2. The highest BCUT2D eigenvalue weighted by molar-refractivity contribution is 5.20. The van der Waals surface area contributed by atoms with E-state index in [4.69, 9.17) is 4.74 Å². The number of benzene rings is 1. The number of nitrogens with one attached hydrogen (secondary N) is 1. The lowest BCUT2D eigenvalue weighted by molar-refractivity contribution is 0.0700. The van der Waals surface area contributed by atoms with Gasteiger partial charge in [0.2, 0.25) is 0 Å². The molecule has 2 atom stereocenters. The van der Waals surface area contributed by atoms with Crippen LogP contribution in [0.15, 0.2) is 42.6 Å². The molecule has 1 aromatic heterocycles. The molecule has 0 bridgehead atoms. The zero-order valence-electron chi connectivity index (χ0n) is 13.3. The van der Waals surface area contributed by atoms with Gasteiger partial charge < -0.3 is 10.1 Å². The molecular formula is C17H25N3O. The van der Waals surface area contributed by atoms with E-state index in [1.807, 2.05) is 36.1 Å². The van der Waals surface area contributed by atoms with E-state index in [1.54, 1.807) is 7.11 Å². The van der Waals surface area contributed by atoms with E-state index in [2.05, 4.69) is 42.5 Å². The van der Waals surface area contributed by atoms with Crippen molar-refractivity contribution in [3.05, 3.63) is 53.9 Å². The van der Waals surface area contributed by atoms with Gasteiger partial charge in [-0.15, -0.1) is 0 Å². The summed E-state index contributed by atoms with van der Waals surface area (Å²) in [5.74, 6) is 0. The predicted molar refractivity (Wildman–Crippen MR) is 85.4 cm³/mol. The second kappa shape index (κ2) is 7.38. The first-order valence-corrected chi connectivity index (χ1v) is 7.44. The molecular weight excluding hydrogens is 262 g/mol. The Kier molecular flexibility index (Phi) is 5.53. The van der Waals surface area contributed by atoms with E-state index in [1.165, 1.54) is 5.56 Å². The number of hydrogen-bond donors (Lipinski definition) is 1. The minimum Gasteiger partial charge on any atom is -0.375 e. The number of rotatable bonds is 7. The molecule has 114 valence electrons. The molecule has 0 fully saturated rings. The molecule has 0 saturated carbocycles. The lowest BCUT2D eigenvalue weighted by Gasteiger charge is -2.25. The summed E-state index contributed by atoms with van der Waals surface area (Å²) in [7, 11) is 3.73. The van der Waals surface area contributed by atoms with Gasteiger partial charge in [0, 0.05) is 31.8 Å². The zero-order valence-corrected chi connectivity index (χ0v) is 13.3. The molecule has 21 heavy (non-hydrogen) atoms. The Morgan fingerprint density at radius 1 is 1.19 bits per heavy atom. The Balaban J connectivity index is 2.13. The van der Waals surface area contributed by atoms with Crippen molar-refractivity contribution in [3.63, 3.8) is 0 Å². The zero-order chi connectivity index (χ0) is 15.2. The van der Waals surface area contributed by atoms with Gasteiger partial charge in [0.1, 0.15) is 0 Å². The van der Waals surface area contributed by atoms with Crippen LogP contribution in [0, 0.1) is 0 Å². The largest absolute Gasteiger partial charge is 0.375 e. The minimum absolute atomic E-state index is 0.0143. The smallest absolute Gasteiger partial charge is 0.0977 e. The van der Waals surface area contributed by atoms with E-state index in [0.29, 0.717) is 6.04 Å². The van der Waals surface area contributed by atoms with Crippen molar-refractivity contribution < 1.29 is 4.74 Å². The van der Waals surface area contributed by atoms with Gasteiger partial charge in [-0.05, 0) is 32.5 Å². The quantitative estimate of drug-likeness (QED) is 0.851. The van der Waals surface area contributed by atoms with Crippen molar-refractivity contribution in [2.75, 3.05) is 14.2 Å². The van der Waals surface area contributed by atoms with Crippen LogP contribution in [0.3, 0.4) is 0 Å². The highest BCUT2D eigenvalue weighted by atomic mass is 16.5. The van der Waals surface area contributed by atoms with Gasteiger partial charge >= 0.3 is 0 Å². The molecule has 0 aliphatic heterocycles. The average molecular weight is 287 g/mol. The Labute approximate surface area is 127 Å². The highest BCUT2D eigenvalue weighted by Crippen LogP contribution is 2.22. The molecule has 1 N–H and O–H groups in total. The molecule has 0 saturated heterocycles. The number of hydrogen-bond acceptors (Lipinski definition) is 3. The van der Waals surface area contributed by atoms with E-state index in [9.17, 15) is 0 Å². The Bertz CT molecular complexity index is 536. The van der Waals surface area contributed by atoms with Gasteiger partial charge in [-0.1, -0.05) is 30.3 Å². The van der Waals surface area contributed by atoms with Crippen LogP contribution < -0.4 is 5.32 Å². The summed E-state index contributed by atoms with van der Waals surface area (Å²) >= 11 is 0. The van der Waals surface area contributed by atoms with E-state index in [0.717, 1.165) is 12.1 Å². The van der Waals surface area contributed by atoms with Crippen molar-refractivity contribution in [2.45, 2.75) is 38.5 Å². The van der Waals surface area contributed by atoms with Gasteiger partial charge in [-0.2, -0.15) is 5.10 Å². The van der Waals surface area contributed by atoms with Crippen molar-refractivity contribution in [3.8, 4) is 0 Å².